The van der Waals surface area contributed by atoms with E-state index in [4.69, 9.17) is 9.97 Å². The van der Waals surface area contributed by atoms with Crippen LogP contribution in [0.4, 0.5) is 0 Å². The fourth-order valence-corrected chi connectivity index (χ4v) is 11.0. The van der Waals surface area contributed by atoms with E-state index in [2.05, 4.69) is 255 Å². The number of benzene rings is 11. The minimum atomic E-state index is -0.539. The molecule has 0 fully saturated rings. The van der Waals surface area contributed by atoms with Crippen molar-refractivity contribution >= 4 is 32.3 Å². The van der Waals surface area contributed by atoms with Gasteiger partial charge in [0, 0.05) is 16.7 Å². The van der Waals surface area contributed by atoms with Crippen molar-refractivity contribution in [3.63, 3.8) is 0 Å². The number of aromatic nitrogens is 2. The first-order valence-electron chi connectivity index (χ1n) is 23.1. The summed E-state index contributed by atoms with van der Waals surface area (Å²) < 4.78 is 0. The predicted octanol–water partition coefficient (Wildman–Crippen LogP) is 16.6. The topological polar surface area (TPSA) is 25.8 Å². The van der Waals surface area contributed by atoms with Gasteiger partial charge >= 0.3 is 0 Å². The van der Waals surface area contributed by atoms with E-state index in [1.807, 2.05) is 0 Å². The predicted molar refractivity (Wildman–Crippen MR) is 279 cm³/mol. The Kier molecular flexibility index (Phi) is 9.11. The van der Waals surface area contributed by atoms with E-state index < -0.39 is 5.41 Å². The summed E-state index contributed by atoms with van der Waals surface area (Å²) in [6.45, 7) is 0. The van der Waals surface area contributed by atoms with Gasteiger partial charge in [0.25, 0.3) is 0 Å². The normalized spacial score (nSPS) is 12.6. The maximum atomic E-state index is 5.69. The minimum absolute atomic E-state index is 0.539. The second-order valence-electron chi connectivity index (χ2n) is 17.6. The molecular formula is C65H42N2. The largest absolute Gasteiger partial charge is 0.228 e. The number of rotatable bonds is 7. The fraction of sp³-hybridized carbons (Fsp3) is 0.0154. The Morgan fingerprint density at radius 3 is 1.55 bits per heavy atom. The summed E-state index contributed by atoms with van der Waals surface area (Å²) in [5, 5.41) is 7.29. The Hall–Kier alpha value is -8.72. The maximum absolute atomic E-state index is 5.69. The number of hydrogen-bond donors (Lipinski definition) is 0. The van der Waals surface area contributed by atoms with Gasteiger partial charge in [0.1, 0.15) is 0 Å². The van der Waals surface area contributed by atoms with Gasteiger partial charge in [-0.3, -0.25) is 0 Å². The molecule has 0 aliphatic heterocycles. The van der Waals surface area contributed by atoms with Crippen molar-refractivity contribution in [2.24, 2.45) is 0 Å². The first-order chi connectivity index (χ1) is 33.2. The monoisotopic (exact) mass is 850 g/mol. The lowest BCUT2D eigenvalue weighted by Crippen LogP contribution is -2.28. The van der Waals surface area contributed by atoms with E-state index in [1.54, 1.807) is 0 Å². The highest BCUT2D eigenvalue weighted by molar-refractivity contribution is 6.21. The highest BCUT2D eigenvalue weighted by Crippen LogP contribution is 2.58. The lowest BCUT2D eigenvalue weighted by atomic mass is 9.67. The molecule has 1 heterocycles. The van der Waals surface area contributed by atoms with Crippen LogP contribution in [0.15, 0.2) is 255 Å². The molecule has 0 radical (unpaired) electrons. The third-order valence-corrected chi connectivity index (χ3v) is 14.0. The van der Waals surface area contributed by atoms with Gasteiger partial charge in [-0.05, 0) is 100 Å². The van der Waals surface area contributed by atoms with Gasteiger partial charge in [-0.2, -0.15) is 0 Å². The summed E-state index contributed by atoms with van der Waals surface area (Å²) in [4.78, 5) is 11.2. The molecule has 1 aliphatic rings. The lowest BCUT2D eigenvalue weighted by Gasteiger charge is -2.33. The second kappa shape index (κ2) is 15.8. The fourth-order valence-electron chi connectivity index (χ4n) is 11.0. The smallest absolute Gasteiger partial charge is 0.161 e. The Labute approximate surface area is 390 Å². The molecular weight excluding hydrogens is 809 g/mol. The molecule has 13 rings (SSSR count). The molecule has 2 nitrogen and oxygen atoms in total. The summed E-state index contributed by atoms with van der Waals surface area (Å²) in [7, 11) is 0. The van der Waals surface area contributed by atoms with Crippen LogP contribution in [0.3, 0.4) is 0 Å². The molecule has 1 aromatic heterocycles. The van der Waals surface area contributed by atoms with Crippen LogP contribution < -0.4 is 0 Å². The van der Waals surface area contributed by atoms with Gasteiger partial charge in [-0.15, -0.1) is 0 Å². The zero-order chi connectivity index (χ0) is 44.3. The van der Waals surface area contributed by atoms with Crippen molar-refractivity contribution in [3.05, 3.63) is 277 Å². The molecule has 0 spiro atoms. The number of nitrogens with zero attached hydrogens (tertiary/aromatic N) is 2. The third kappa shape index (κ3) is 6.18. The number of fused-ring (bicyclic) bond motifs is 7. The SMILES string of the molecule is c1ccc(-c2ccc(-c3cc(-c4cccc5c4-c4ccccc4C5(c4ccccc4)c4ccccc4)nc(-c4ccccc4-c4c5ccccc5cc5c4ccc4ccccc45)n3)cc2)cc1. The van der Waals surface area contributed by atoms with Crippen LogP contribution in [-0.4, -0.2) is 9.97 Å². The van der Waals surface area contributed by atoms with Crippen LogP contribution in [0.25, 0.3) is 99.6 Å². The first-order valence-corrected chi connectivity index (χ1v) is 23.1. The molecule has 0 N–H and O–H groups in total. The van der Waals surface area contributed by atoms with Gasteiger partial charge in [-0.1, -0.05) is 243 Å². The zero-order valence-electron chi connectivity index (χ0n) is 36.6. The Balaban J connectivity index is 1.09. The molecule has 0 unspecified atom stereocenters. The molecule has 1 aliphatic carbocycles. The Morgan fingerprint density at radius 1 is 0.269 bits per heavy atom. The van der Waals surface area contributed by atoms with Crippen molar-refractivity contribution in [2.75, 3.05) is 0 Å². The van der Waals surface area contributed by atoms with Gasteiger partial charge in [0.05, 0.1) is 16.8 Å². The lowest BCUT2D eigenvalue weighted by molar-refractivity contribution is 0.768. The van der Waals surface area contributed by atoms with Crippen molar-refractivity contribution < 1.29 is 0 Å². The minimum Gasteiger partial charge on any atom is -0.228 e. The first kappa shape index (κ1) is 38.7. The summed E-state index contributed by atoms with van der Waals surface area (Å²) in [6, 6.07) is 92.4. The maximum Gasteiger partial charge on any atom is 0.161 e. The van der Waals surface area contributed by atoms with Crippen molar-refractivity contribution in [1.29, 1.82) is 0 Å². The van der Waals surface area contributed by atoms with Gasteiger partial charge in [0.15, 0.2) is 5.82 Å². The molecule has 2 heteroatoms. The quantitative estimate of drug-likeness (QED) is 0.118. The highest BCUT2D eigenvalue weighted by atomic mass is 14.9. The van der Waals surface area contributed by atoms with E-state index in [-0.39, 0.29) is 0 Å². The summed E-state index contributed by atoms with van der Waals surface area (Å²) in [5.41, 5.74) is 16.3. The van der Waals surface area contributed by atoms with Gasteiger partial charge < -0.3 is 0 Å². The summed E-state index contributed by atoms with van der Waals surface area (Å²) in [5.74, 6) is 0.679. The van der Waals surface area contributed by atoms with Crippen LogP contribution >= 0.6 is 0 Å². The Bertz CT molecular complexity index is 3800. The van der Waals surface area contributed by atoms with E-state index in [0.29, 0.717) is 5.82 Å². The average Bonchev–Trinajstić information content (AvgIpc) is 3.72. The second-order valence-corrected chi connectivity index (χ2v) is 17.6. The molecule has 0 saturated heterocycles. The highest BCUT2D eigenvalue weighted by Gasteiger charge is 2.46. The summed E-state index contributed by atoms with van der Waals surface area (Å²) >= 11 is 0. The molecule has 0 amide bonds. The van der Waals surface area contributed by atoms with Crippen LogP contribution in [-0.2, 0) is 5.41 Å². The molecule has 312 valence electrons. The zero-order valence-corrected chi connectivity index (χ0v) is 36.6. The van der Waals surface area contributed by atoms with Gasteiger partial charge in [0.2, 0.25) is 0 Å². The van der Waals surface area contributed by atoms with Crippen molar-refractivity contribution in [3.8, 4) is 67.3 Å². The van der Waals surface area contributed by atoms with E-state index in [1.165, 1.54) is 76.8 Å². The summed E-state index contributed by atoms with van der Waals surface area (Å²) in [6.07, 6.45) is 0. The molecule has 67 heavy (non-hydrogen) atoms. The van der Waals surface area contributed by atoms with Crippen molar-refractivity contribution in [2.45, 2.75) is 5.41 Å². The third-order valence-electron chi connectivity index (χ3n) is 14.0. The molecule has 0 saturated carbocycles. The molecule has 0 atom stereocenters. The van der Waals surface area contributed by atoms with E-state index in [9.17, 15) is 0 Å². The molecule has 11 aromatic carbocycles. The standard InChI is InChI=1S/C65H42N2/c1-4-19-43(20-5-1)44-35-37-46(38-36-44)60-42-61(56-32-18-34-59-63(56)55-31-16-17-33-58(55)65(59,48-23-6-2-7-24-48)49-25-8-3-9-26-49)67-64(66-60)54-30-15-14-29-52(54)62-51-28-13-11-22-47(51)41-57-50-27-12-10-21-45(50)39-40-53(57)62/h1-42H. The molecule has 12 aromatic rings. The van der Waals surface area contributed by atoms with E-state index >= 15 is 0 Å². The van der Waals surface area contributed by atoms with Crippen LogP contribution in [0.2, 0.25) is 0 Å². The van der Waals surface area contributed by atoms with Gasteiger partial charge in [-0.25, -0.2) is 9.97 Å². The van der Waals surface area contributed by atoms with Crippen LogP contribution in [0.1, 0.15) is 22.3 Å². The Morgan fingerprint density at radius 2 is 0.806 bits per heavy atom. The van der Waals surface area contributed by atoms with Crippen LogP contribution in [0.5, 0.6) is 0 Å². The van der Waals surface area contributed by atoms with Crippen LogP contribution in [0, 0.1) is 0 Å². The average molecular weight is 851 g/mol. The van der Waals surface area contributed by atoms with E-state index in [0.717, 1.165) is 39.2 Å². The number of hydrogen-bond acceptors (Lipinski definition) is 2. The van der Waals surface area contributed by atoms with Crippen molar-refractivity contribution in [1.82, 2.24) is 9.97 Å². The molecule has 0 bridgehead atoms.